The second kappa shape index (κ2) is 5.83. The van der Waals surface area contributed by atoms with E-state index in [1.165, 1.54) is 6.33 Å². The van der Waals surface area contributed by atoms with E-state index in [-0.39, 0.29) is 6.54 Å². The molecule has 1 N–H and O–H groups in total. The van der Waals surface area contributed by atoms with Gasteiger partial charge < -0.3 is 19.5 Å². The average molecular weight is 267 g/mol. The van der Waals surface area contributed by atoms with Gasteiger partial charge in [-0.3, -0.25) is 0 Å². The van der Waals surface area contributed by atoms with E-state index in [0.717, 1.165) is 5.56 Å². The fourth-order valence-electron chi connectivity index (χ4n) is 2.02. The highest BCUT2D eigenvalue weighted by molar-refractivity contribution is 5.73. The Morgan fingerprint density at radius 2 is 2.42 bits per heavy atom. The topological polar surface area (TPSA) is 84.8 Å². The summed E-state index contributed by atoms with van der Waals surface area (Å²) in [5, 5.41) is 9.00. The first-order valence-electron chi connectivity index (χ1n) is 6.17. The first kappa shape index (κ1) is 13.5. The van der Waals surface area contributed by atoms with Gasteiger partial charge in [-0.05, 0) is 13.8 Å². The Bertz CT molecular complexity index is 466. The van der Waals surface area contributed by atoms with Crippen LogP contribution in [0, 0.1) is 6.92 Å². The molecular weight excluding hydrogens is 250 g/mol. The third-order valence-corrected chi connectivity index (χ3v) is 2.93. The lowest BCUT2D eigenvalue weighted by Gasteiger charge is -2.32. The standard InChI is InChI=1S/C12H17N3O4/c1-3-18-11-8(2)10(13-7-14-11)15-4-5-19-9(6-15)12(16)17/h7,9H,3-6H2,1-2H3,(H,16,17). The Kier molecular flexibility index (Phi) is 4.16. The Hall–Kier alpha value is -1.89. The van der Waals surface area contributed by atoms with Gasteiger partial charge in [-0.25, -0.2) is 14.8 Å². The fourth-order valence-corrected chi connectivity index (χ4v) is 2.02. The third kappa shape index (κ3) is 2.93. The highest BCUT2D eigenvalue weighted by Crippen LogP contribution is 2.25. The van der Waals surface area contributed by atoms with Gasteiger partial charge in [0.25, 0.3) is 0 Å². The first-order valence-corrected chi connectivity index (χ1v) is 6.17. The average Bonchev–Trinajstić information content (AvgIpc) is 2.41. The second-order valence-corrected chi connectivity index (χ2v) is 4.20. The predicted octanol–water partition coefficient (Wildman–Crippen LogP) is 0.474. The summed E-state index contributed by atoms with van der Waals surface area (Å²) in [7, 11) is 0. The van der Waals surface area contributed by atoms with Crippen LogP contribution in [0.3, 0.4) is 0 Å². The molecule has 0 spiro atoms. The van der Waals surface area contributed by atoms with Gasteiger partial charge in [0.15, 0.2) is 6.10 Å². The van der Waals surface area contributed by atoms with Crippen molar-refractivity contribution < 1.29 is 19.4 Å². The molecule has 1 aromatic heterocycles. The maximum Gasteiger partial charge on any atom is 0.334 e. The van der Waals surface area contributed by atoms with Gasteiger partial charge in [0.2, 0.25) is 5.88 Å². The normalized spacial score (nSPS) is 19.3. The molecular formula is C12H17N3O4. The zero-order valence-electron chi connectivity index (χ0n) is 11.0. The van der Waals surface area contributed by atoms with Crippen LogP contribution < -0.4 is 9.64 Å². The Labute approximate surface area is 111 Å². The number of ether oxygens (including phenoxy) is 2. The van der Waals surface area contributed by atoms with Crippen molar-refractivity contribution in [2.24, 2.45) is 0 Å². The number of aliphatic carboxylic acids is 1. The smallest absolute Gasteiger partial charge is 0.334 e. The molecule has 7 nitrogen and oxygen atoms in total. The molecule has 1 aliphatic heterocycles. The molecule has 0 bridgehead atoms. The summed E-state index contributed by atoms with van der Waals surface area (Å²) in [6.45, 7) is 5.52. The zero-order valence-corrected chi connectivity index (χ0v) is 11.0. The minimum Gasteiger partial charge on any atom is -0.479 e. The van der Waals surface area contributed by atoms with Crippen molar-refractivity contribution >= 4 is 11.8 Å². The van der Waals surface area contributed by atoms with Gasteiger partial charge in [0.1, 0.15) is 12.1 Å². The molecule has 1 unspecified atom stereocenters. The molecule has 1 fully saturated rings. The number of morpholine rings is 1. The maximum atomic E-state index is 11.0. The summed E-state index contributed by atoms with van der Waals surface area (Å²) in [5.74, 6) is 0.278. The van der Waals surface area contributed by atoms with E-state index in [1.54, 1.807) is 0 Å². The van der Waals surface area contributed by atoms with Gasteiger partial charge in [-0.2, -0.15) is 0 Å². The van der Waals surface area contributed by atoms with Crippen LogP contribution in [-0.4, -0.2) is 53.5 Å². The van der Waals surface area contributed by atoms with E-state index in [0.29, 0.717) is 31.5 Å². The monoisotopic (exact) mass is 267 g/mol. The summed E-state index contributed by atoms with van der Waals surface area (Å²) < 4.78 is 10.6. The molecule has 0 saturated carbocycles. The maximum absolute atomic E-state index is 11.0. The summed E-state index contributed by atoms with van der Waals surface area (Å²) >= 11 is 0. The summed E-state index contributed by atoms with van der Waals surface area (Å²) in [6, 6.07) is 0. The lowest BCUT2D eigenvalue weighted by molar-refractivity contribution is -0.150. The molecule has 0 aliphatic carbocycles. The van der Waals surface area contributed by atoms with E-state index in [4.69, 9.17) is 14.6 Å². The number of hydrogen-bond acceptors (Lipinski definition) is 6. The second-order valence-electron chi connectivity index (χ2n) is 4.20. The van der Waals surface area contributed by atoms with Crippen LogP contribution in [0.25, 0.3) is 0 Å². The van der Waals surface area contributed by atoms with E-state index in [9.17, 15) is 4.79 Å². The number of carboxylic acids is 1. The van der Waals surface area contributed by atoms with Crippen LogP contribution in [-0.2, 0) is 9.53 Å². The minimum absolute atomic E-state index is 0.277. The lowest BCUT2D eigenvalue weighted by atomic mass is 10.2. The molecule has 0 aromatic carbocycles. The van der Waals surface area contributed by atoms with Gasteiger partial charge >= 0.3 is 5.97 Å². The van der Waals surface area contributed by atoms with Crippen molar-refractivity contribution in [2.45, 2.75) is 20.0 Å². The Balaban J connectivity index is 2.21. The van der Waals surface area contributed by atoms with E-state index in [1.807, 2.05) is 18.7 Å². The molecule has 2 rings (SSSR count). The van der Waals surface area contributed by atoms with Gasteiger partial charge in [0, 0.05) is 6.54 Å². The molecule has 1 aromatic rings. The molecule has 1 atom stereocenters. The van der Waals surface area contributed by atoms with Crippen LogP contribution in [0.4, 0.5) is 5.82 Å². The number of carbonyl (C=O) groups is 1. The van der Waals surface area contributed by atoms with Crippen molar-refractivity contribution in [3.05, 3.63) is 11.9 Å². The Morgan fingerprint density at radius 1 is 1.63 bits per heavy atom. The molecule has 0 radical (unpaired) electrons. The molecule has 1 saturated heterocycles. The van der Waals surface area contributed by atoms with Gasteiger partial charge in [0.05, 0.1) is 25.3 Å². The molecule has 7 heteroatoms. The molecule has 1 aliphatic rings. The third-order valence-electron chi connectivity index (χ3n) is 2.93. The molecule has 2 heterocycles. The Morgan fingerprint density at radius 3 is 3.11 bits per heavy atom. The number of aromatic nitrogens is 2. The number of anilines is 1. The predicted molar refractivity (Wildman–Crippen MR) is 67.5 cm³/mol. The van der Waals surface area contributed by atoms with Crippen LogP contribution in [0.15, 0.2) is 6.33 Å². The summed E-state index contributed by atoms with van der Waals surface area (Å²) in [4.78, 5) is 21.2. The highest BCUT2D eigenvalue weighted by Gasteiger charge is 2.28. The van der Waals surface area contributed by atoms with E-state index < -0.39 is 12.1 Å². The SMILES string of the molecule is CCOc1ncnc(N2CCOC(C(=O)O)C2)c1C. The fraction of sp³-hybridized carbons (Fsp3) is 0.583. The lowest BCUT2D eigenvalue weighted by Crippen LogP contribution is -2.46. The van der Waals surface area contributed by atoms with E-state index in [2.05, 4.69) is 9.97 Å². The quantitative estimate of drug-likeness (QED) is 0.848. The van der Waals surface area contributed by atoms with Crippen molar-refractivity contribution in [3.8, 4) is 5.88 Å². The van der Waals surface area contributed by atoms with Gasteiger partial charge in [-0.1, -0.05) is 0 Å². The number of rotatable bonds is 4. The largest absolute Gasteiger partial charge is 0.479 e. The molecule has 19 heavy (non-hydrogen) atoms. The molecule has 104 valence electrons. The first-order chi connectivity index (χ1) is 9.13. The summed E-state index contributed by atoms with van der Waals surface area (Å²) in [5.41, 5.74) is 0.815. The van der Waals surface area contributed by atoms with Crippen LogP contribution >= 0.6 is 0 Å². The summed E-state index contributed by atoms with van der Waals surface area (Å²) in [6.07, 6.45) is 0.608. The van der Waals surface area contributed by atoms with Crippen LogP contribution in [0.1, 0.15) is 12.5 Å². The van der Waals surface area contributed by atoms with Crippen molar-refractivity contribution in [3.63, 3.8) is 0 Å². The molecule has 0 amide bonds. The number of nitrogens with zero attached hydrogens (tertiary/aromatic N) is 3. The van der Waals surface area contributed by atoms with Crippen molar-refractivity contribution in [1.82, 2.24) is 9.97 Å². The zero-order chi connectivity index (χ0) is 13.8. The van der Waals surface area contributed by atoms with E-state index >= 15 is 0 Å². The number of hydrogen-bond donors (Lipinski definition) is 1. The van der Waals surface area contributed by atoms with Gasteiger partial charge in [-0.15, -0.1) is 0 Å². The van der Waals surface area contributed by atoms with Crippen molar-refractivity contribution in [1.29, 1.82) is 0 Å². The van der Waals surface area contributed by atoms with Crippen LogP contribution in [0.2, 0.25) is 0 Å². The highest BCUT2D eigenvalue weighted by atomic mass is 16.5. The minimum atomic E-state index is -0.957. The number of carboxylic acid groups (broad SMARTS) is 1. The van der Waals surface area contributed by atoms with Crippen molar-refractivity contribution in [2.75, 3.05) is 31.2 Å². The van der Waals surface area contributed by atoms with Crippen LogP contribution in [0.5, 0.6) is 5.88 Å².